The summed E-state index contributed by atoms with van der Waals surface area (Å²) in [6.07, 6.45) is 2.46. The van der Waals surface area contributed by atoms with Crippen molar-refractivity contribution in [1.29, 1.82) is 0 Å². The van der Waals surface area contributed by atoms with Gasteiger partial charge in [-0.05, 0) is 26.7 Å². The minimum absolute atomic E-state index is 0.236. The Labute approximate surface area is 92.4 Å². The number of nitrogens with zero attached hydrogens (tertiary/aromatic N) is 2. The van der Waals surface area contributed by atoms with Gasteiger partial charge >= 0.3 is 0 Å². The zero-order valence-corrected chi connectivity index (χ0v) is 9.91. The van der Waals surface area contributed by atoms with Crippen molar-refractivity contribution in [2.75, 3.05) is 32.7 Å². The molecule has 88 valence electrons. The van der Waals surface area contributed by atoms with E-state index in [0.29, 0.717) is 19.1 Å². The van der Waals surface area contributed by atoms with Crippen LogP contribution in [0.5, 0.6) is 0 Å². The molecule has 1 aliphatic carbocycles. The fourth-order valence-electron chi connectivity index (χ4n) is 1.85. The van der Waals surface area contributed by atoms with Gasteiger partial charge in [0.2, 0.25) is 5.91 Å². The smallest absolute Gasteiger partial charge is 0.236 e. The molecule has 0 aliphatic heterocycles. The van der Waals surface area contributed by atoms with E-state index in [1.807, 2.05) is 18.7 Å². The van der Waals surface area contributed by atoms with E-state index >= 15 is 0 Å². The lowest BCUT2D eigenvalue weighted by Gasteiger charge is -2.25. The summed E-state index contributed by atoms with van der Waals surface area (Å²) in [5.74, 6) is 0.236. The first kappa shape index (κ1) is 12.5. The van der Waals surface area contributed by atoms with Crippen molar-refractivity contribution in [3.63, 3.8) is 0 Å². The Morgan fingerprint density at radius 1 is 1.33 bits per heavy atom. The molecule has 1 aliphatic rings. The molecule has 0 aromatic carbocycles. The number of hydrogen-bond donors (Lipinski definition) is 1. The average Bonchev–Trinajstić information content (AvgIpc) is 3.02. The zero-order chi connectivity index (χ0) is 11.3. The molecule has 0 saturated heterocycles. The van der Waals surface area contributed by atoms with Crippen molar-refractivity contribution in [1.82, 2.24) is 9.80 Å². The summed E-state index contributed by atoms with van der Waals surface area (Å²) in [6, 6.07) is 0.619. The Hall–Kier alpha value is -0.610. The van der Waals surface area contributed by atoms with E-state index in [4.69, 9.17) is 5.73 Å². The third-order valence-corrected chi connectivity index (χ3v) is 2.93. The topological polar surface area (TPSA) is 49.6 Å². The highest BCUT2D eigenvalue weighted by Gasteiger charge is 2.30. The number of hydrogen-bond acceptors (Lipinski definition) is 3. The lowest BCUT2D eigenvalue weighted by atomic mass is 10.4. The van der Waals surface area contributed by atoms with Gasteiger partial charge in [-0.25, -0.2) is 0 Å². The summed E-state index contributed by atoms with van der Waals surface area (Å²) in [5.41, 5.74) is 5.55. The molecule has 0 radical (unpaired) electrons. The maximum Gasteiger partial charge on any atom is 0.236 e. The predicted molar refractivity (Wildman–Crippen MR) is 61.6 cm³/mol. The number of carbonyl (C=O) groups excluding carboxylic acids is 1. The quantitative estimate of drug-likeness (QED) is 0.661. The summed E-state index contributed by atoms with van der Waals surface area (Å²) in [4.78, 5) is 16.0. The first-order valence-electron chi connectivity index (χ1n) is 5.94. The highest BCUT2D eigenvalue weighted by Crippen LogP contribution is 2.26. The van der Waals surface area contributed by atoms with Crippen LogP contribution in [0.1, 0.15) is 26.7 Å². The van der Waals surface area contributed by atoms with Crippen molar-refractivity contribution >= 4 is 5.91 Å². The third-order valence-electron chi connectivity index (χ3n) is 2.93. The number of rotatable bonds is 7. The normalized spacial score (nSPS) is 15.7. The molecule has 1 rings (SSSR count). The number of carbonyl (C=O) groups is 1. The van der Waals surface area contributed by atoms with Crippen molar-refractivity contribution in [2.24, 2.45) is 5.73 Å². The summed E-state index contributed by atoms with van der Waals surface area (Å²) < 4.78 is 0. The van der Waals surface area contributed by atoms with E-state index in [0.717, 1.165) is 19.6 Å². The second-order valence-electron chi connectivity index (χ2n) is 4.06. The van der Waals surface area contributed by atoms with E-state index < -0.39 is 0 Å². The van der Waals surface area contributed by atoms with Crippen molar-refractivity contribution < 1.29 is 4.79 Å². The highest BCUT2D eigenvalue weighted by atomic mass is 16.2. The molecule has 0 atom stereocenters. The van der Waals surface area contributed by atoms with E-state index in [1.54, 1.807) is 0 Å². The van der Waals surface area contributed by atoms with Crippen LogP contribution in [0.15, 0.2) is 0 Å². The molecular weight excluding hydrogens is 190 g/mol. The van der Waals surface area contributed by atoms with Gasteiger partial charge in [-0.2, -0.15) is 0 Å². The van der Waals surface area contributed by atoms with Gasteiger partial charge in [0, 0.05) is 32.2 Å². The molecule has 4 heteroatoms. The fraction of sp³-hybridized carbons (Fsp3) is 0.909. The molecule has 4 nitrogen and oxygen atoms in total. The molecular formula is C11H23N3O. The van der Waals surface area contributed by atoms with E-state index in [2.05, 4.69) is 4.90 Å². The molecule has 0 spiro atoms. The average molecular weight is 213 g/mol. The summed E-state index contributed by atoms with van der Waals surface area (Å²) >= 11 is 0. The Bertz CT molecular complexity index is 200. The highest BCUT2D eigenvalue weighted by molar-refractivity contribution is 5.78. The Morgan fingerprint density at radius 3 is 2.33 bits per heavy atom. The van der Waals surface area contributed by atoms with Crippen LogP contribution in [0.3, 0.4) is 0 Å². The molecule has 0 bridgehead atoms. The fourth-order valence-corrected chi connectivity index (χ4v) is 1.85. The first-order chi connectivity index (χ1) is 7.22. The Kier molecular flexibility index (Phi) is 5.05. The van der Waals surface area contributed by atoms with E-state index in [9.17, 15) is 4.79 Å². The molecule has 0 aromatic heterocycles. The largest absolute Gasteiger partial charge is 0.342 e. The van der Waals surface area contributed by atoms with Gasteiger partial charge in [0.1, 0.15) is 0 Å². The van der Waals surface area contributed by atoms with Crippen LogP contribution in [-0.2, 0) is 4.79 Å². The zero-order valence-electron chi connectivity index (χ0n) is 9.91. The molecule has 0 unspecified atom stereocenters. The predicted octanol–water partition coefficient (Wildman–Crippen LogP) is 0.278. The van der Waals surface area contributed by atoms with E-state index in [1.165, 1.54) is 12.8 Å². The molecule has 1 fully saturated rings. The molecule has 15 heavy (non-hydrogen) atoms. The summed E-state index contributed by atoms with van der Waals surface area (Å²) in [7, 11) is 0. The Morgan fingerprint density at radius 2 is 1.93 bits per heavy atom. The van der Waals surface area contributed by atoms with Gasteiger partial charge in [-0.1, -0.05) is 0 Å². The van der Waals surface area contributed by atoms with Crippen LogP contribution < -0.4 is 5.73 Å². The van der Waals surface area contributed by atoms with Crippen molar-refractivity contribution in [2.45, 2.75) is 32.7 Å². The van der Waals surface area contributed by atoms with Gasteiger partial charge in [0.25, 0.3) is 0 Å². The molecule has 1 saturated carbocycles. The second-order valence-corrected chi connectivity index (χ2v) is 4.06. The van der Waals surface area contributed by atoms with Crippen LogP contribution in [0.25, 0.3) is 0 Å². The summed E-state index contributed by atoms with van der Waals surface area (Å²) in [5, 5.41) is 0. The minimum Gasteiger partial charge on any atom is -0.342 e. The molecule has 0 aromatic rings. The van der Waals surface area contributed by atoms with Gasteiger partial charge in [-0.15, -0.1) is 0 Å². The lowest BCUT2D eigenvalue weighted by molar-refractivity contribution is -0.132. The van der Waals surface area contributed by atoms with Gasteiger partial charge in [0.05, 0.1) is 6.54 Å². The van der Waals surface area contributed by atoms with Crippen LogP contribution in [0.4, 0.5) is 0 Å². The van der Waals surface area contributed by atoms with Crippen LogP contribution in [-0.4, -0.2) is 54.5 Å². The van der Waals surface area contributed by atoms with Crippen LogP contribution in [0, 0.1) is 0 Å². The molecule has 0 heterocycles. The van der Waals surface area contributed by atoms with Gasteiger partial charge < -0.3 is 10.6 Å². The number of likely N-dealkylation sites (N-methyl/N-ethyl adjacent to an activating group) is 1. The lowest BCUT2D eigenvalue weighted by Crippen LogP contribution is -2.42. The van der Waals surface area contributed by atoms with Gasteiger partial charge in [0.15, 0.2) is 0 Å². The van der Waals surface area contributed by atoms with Gasteiger partial charge in [-0.3, -0.25) is 9.69 Å². The third kappa shape index (κ3) is 3.80. The minimum atomic E-state index is 0.236. The standard InChI is InChI=1S/C11H23N3O/c1-3-13(4-2)11(15)9-14(8-7-12)10-5-6-10/h10H,3-9,12H2,1-2H3. The summed E-state index contributed by atoms with van der Waals surface area (Å²) in [6.45, 7) is 7.67. The monoisotopic (exact) mass is 213 g/mol. The number of nitrogens with two attached hydrogens (primary N) is 1. The van der Waals surface area contributed by atoms with Crippen molar-refractivity contribution in [3.8, 4) is 0 Å². The van der Waals surface area contributed by atoms with Crippen LogP contribution >= 0.6 is 0 Å². The molecule has 1 amide bonds. The van der Waals surface area contributed by atoms with Crippen molar-refractivity contribution in [3.05, 3.63) is 0 Å². The number of amides is 1. The first-order valence-corrected chi connectivity index (χ1v) is 5.94. The second kappa shape index (κ2) is 6.08. The van der Waals surface area contributed by atoms with E-state index in [-0.39, 0.29) is 5.91 Å². The SMILES string of the molecule is CCN(CC)C(=O)CN(CCN)C1CC1. The Balaban J connectivity index is 2.38. The molecule has 2 N–H and O–H groups in total. The van der Waals surface area contributed by atoms with Crippen LogP contribution in [0.2, 0.25) is 0 Å². The maximum atomic E-state index is 11.9. The maximum absolute atomic E-state index is 11.9.